The molecule has 1 heterocycles. The number of rotatable bonds is 2. The topological polar surface area (TPSA) is 33.1 Å². The number of halogens is 1. The van der Waals surface area contributed by atoms with Crippen LogP contribution in [0.25, 0.3) is 0 Å². The summed E-state index contributed by atoms with van der Waals surface area (Å²) < 4.78 is 0.927. The first-order valence-electron chi connectivity index (χ1n) is 4.62. The molecule has 15 heavy (non-hydrogen) atoms. The Kier molecular flexibility index (Phi) is 3.33. The van der Waals surface area contributed by atoms with Crippen molar-refractivity contribution in [2.75, 3.05) is 0 Å². The fourth-order valence-electron chi connectivity index (χ4n) is 1.38. The van der Waals surface area contributed by atoms with E-state index >= 15 is 0 Å². The molecule has 2 aromatic rings. The third-order valence-corrected chi connectivity index (χ3v) is 2.82. The van der Waals surface area contributed by atoms with Crippen LogP contribution < -0.4 is 0 Å². The smallest absolute Gasteiger partial charge is 0.106 e. The molecule has 1 aromatic heterocycles. The number of aliphatic hydroxyl groups excluding tert-OH is 1. The van der Waals surface area contributed by atoms with Crippen molar-refractivity contribution in [3.63, 3.8) is 0 Å². The van der Waals surface area contributed by atoms with Crippen LogP contribution in [0.3, 0.4) is 0 Å². The van der Waals surface area contributed by atoms with Crippen LogP contribution in [0.1, 0.15) is 17.2 Å². The van der Waals surface area contributed by atoms with Crippen molar-refractivity contribution >= 4 is 22.6 Å². The predicted octanol–water partition coefficient (Wildman–Crippen LogP) is 2.77. The van der Waals surface area contributed by atoms with E-state index in [1.165, 1.54) is 0 Å². The number of aromatic nitrogens is 1. The minimum Gasteiger partial charge on any atom is -0.384 e. The number of benzene rings is 1. The Hall–Kier alpha value is -0.940. The second kappa shape index (κ2) is 4.72. The number of nitrogens with zero attached hydrogens (tertiary/aromatic N) is 1. The maximum Gasteiger partial charge on any atom is 0.106 e. The van der Waals surface area contributed by atoms with E-state index in [0.29, 0.717) is 0 Å². The Morgan fingerprint density at radius 3 is 2.33 bits per heavy atom. The Labute approximate surface area is 102 Å². The van der Waals surface area contributed by atoms with Gasteiger partial charge < -0.3 is 5.11 Å². The average molecular weight is 311 g/mol. The molecule has 0 bridgehead atoms. The van der Waals surface area contributed by atoms with E-state index in [2.05, 4.69) is 27.6 Å². The van der Waals surface area contributed by atoms with Crippen molar-refractivity contribution in [1.82, 2.24) is 4.98 Å². The van der Waals surface area contributed by atoms with Gasteiger partial charge in [-0.15, -0.1) is 0 Å². The zero-order valence-electron chi connectivity index (χ0n) is 7.97. The molecule has 3 heteroatoms. The molecule has 2 nitrogen and oxygen atoms in total. The van der Waals surface area contributed by atoms with Crippen molar-refractivity contribution in [3.05, 3.63) is 63.5 Å². The van der Waals surface area contributed by atoms with Gasteiger partial charge in [0.05, 0.1) is 0 Å². The van der Waals surface area contributed by atoms with Gasteiger partial charge in [-0.1, -0.05) is 36.4 Å². The molecule has 0 fully saturated rings. The second-order valence-electron chi connectivity index (χ2n) is 3.23. The lowest BCUT2D eigenvalue weighted by Gasteiger charge is -2.10. The summed E-state index contributed by atoms with van der Waals surface area (Å²) in [6, 6.07) is 13.4. The highest BCUT2D eigenvalue weighted by Gasteiger charge is 2.09. The molecule has 0 aliphatic carbocycles. The number of pyridine rings is 1. The third-order valence-electron chi connectivity index (χ3n) is 2.18. The van der Waals surface area contributed by atoms with Gasteiger partial charge in [-0.05, 0) is 34.2 Å². The monoisotopic (exact) mass is 311 g/mol. The van der Waals surface area contributed by atoms with Crippen LogP contribution in [0.15, 0.2) is 48.7 Å². The predicted molar refractivity (Wildman–Crippen MR) is 67.5 cm³/mol. The van der Waals surface area contributed by atoms with Crippen LogP contribution >= 0.6 is 22.6 Å². The first-order chi connectivity index (χ1) is 7.27. The molecule has 0 saturated heterocycles. The summed E-state index contributed by atoms with van der Waals surface area (Å²) in [6.07, 6.45) is 1.12. The number of aliphatic hydroxyl groups is 1. The van der Waals surface area contributed by atoms with E-state index in [1.807, 2.05) is 42.5 Å². The molecule has 1 atom stereocenters. The highest BCUT2D eigenvalue weighted by atomic mass is 127. The maximum atomic E-state index is 10.0. The highest BCUT2D eigenvalue weighted by molar-refractivity contribution is 14.1. The molecule has 0 amide bonds. The highest BCUT2D eigenvalue weighted by Crippen LogP contribution is 2.20. The summed E-state index contributed by atoms with van der Waals surface area (Å²) >= 11 is 2.14. The van der Waals surface area contributed by atoms with Crippen molar-refractivity contribution in [1.29, 1.82) is 0 Å². The van der Waals surface area contributed by atoms with E-state index in [-0.39, 0.29) is 0 Å². The Morgan fingerprint density at radius 1 is 1.00 bits per heavy atom. The molecule has 0 aliphatic rings. The molecule has 76 valence electrons. The second-order valence-corrected chi connectivity index (χ2v) is 4.33. The molecule has 0 aliphatic heterocycles. The van der Waals surface area contributed by atoms with Gasteiger partial charge in [0.25, 0.3) is 0 Å². The number of hydrogen-bond donors (Lipinski definition) is 1. The van der Waals surface area contributed by atoms with E-state index in [0.717, 1.165) is 14.8 Å². The molecule has 0 spiro atoms. The van der Waals surface area contributed by atoms with Crippen molar-refractivity contribution in [3.8, 4) is 0 Å². The molecule has 0 radical (unpaired) electrons. The summed E-state index contributed by atoms with van der Waals surface area (Å²) in [5, 5.41) is 10.0. The number of hydrogen-bond acceptors (Lipinski definition) is 2. The Bertz CT molecular complexity index is 427. The minimum absolute atomic E-state index is 0.587. The summed E-state index contributed by atoms with van der Waals surface area (Å²) in [7, 11) is 0. The van der Waals surface area contributed by atoms with Gasteiger partial charge in [-0.2, -0.15) is 0 Å². The third kappa shape index (κ3) is 2.54. The van der Waals surface area contributed by atoms with Gasteiger partial charge in [0.1, 0.15) is 9.80 Å². The molecule has 1 aromatic carbocycles. The summed E-state index contributed by atoms with van der Waals surface area (Å²) in [4.78, 5) is 4.15. The summed E-state index contributed by atoms with van der Waals surface area (Å²) in [6.45, 7) is 0. The molecule has 1 N–H and O–H groups in total. The van der Waals surface area contributed by atoms with Crippen LogP contribution in [-0.4, -0.2) is 10.1 Å². The average Bonchev–Trinajstić information content (AvgIpc) is 2.30. The van der Waals surface area contributed by atoms with E-state index in [1.54, 1.807) is 6.20 Å². The maximum absolute atomic E-state index is 10.0. The van der Waals surface area contributed by atoms with Crippen LogP contribution in [0.5, 0.6) is 0 Å². The van der Waals surface area contributed by atoms with Crippen molar-refractivity contribution in [2.24, 2.45) is 0 Å². The first kappa shape index (κ1) is 10.6. The van der Waals surface area contributed by atoms with E-state index < -0.39 is 6.10 Å². The zero-order chi connectivity index (χ0) is 10.7. The zero-order valence-corrected chi connectivity index (χ0v) is 10.1. The van der Waals surface area contributed by atoms with E-state index in [4.69, 9.17) is 0 Å². The van der Waals surface area contributed by atoms with E-state index in [9.17, 15) is 5.11 Å². The largest absolute Gasteiger partial charge is 0.384 e. The minimum atomic E-state index is -0.587. The fourth-order valence-corrected chi connectivity index (χ4v) is 1.70. The fraction of sp³-hybridized carbons (Fsp3) is 0.0833. The van der Waals surface area contributed by atoms with Gasteiger partial charge >= 0.3 is 0 Å². The lowest BCUT2D eigenvalue weighted by Crippen LogP contribution is -1.99. The molecule has 0 saturated carbocycles. The van der Waals surface area contributed by atoms with Gasteiger partial charge in [0, 0.05) is 11.8 Å². The molecular formula is C12H10INO. The van der Waals surface area contributed by atoms with Gasteiger partial charge in [-0.3, -0.25) is 0 Å². The van der Waals surface area contributed by atoms with Crippen LogP contribution in [-0.2, 0) is 0 Å². The normalized spacial score (nSPS) is 12.4. The van der Waals surface area contributed by atoms with Crippen LogP contribution in [0, 0.1) is 3.70 Å². The summed E-state index contributed by atoms with van der Waals surface area (Å²) in [5.74, 6) is 0. The lowest BCUT2D eigenvalue weighted by molar-refractivity contribution is 0.220. The van der Waals surface area contributed by atoms with Gasteiger partial charge in [0.15, 0.2) is 0 Å². The quantitative estimate of drug-likeness (QED) is 0.683. The van der Waals surface area contributed by atoms with Crippen molar-refractivity contribution < 1.29 is 5.11 Å². The van der Waals surface area contributed by atoms with Gasteiger partial charge in [0.2, 0.25) is 0 Å². The SMILES string of the molecule is O[C@@H](c1ccccc1)c1ccc(I)nc1. The summed E-state index contributed by atoms with van der Waals surface area (Å²) in [5.41, 5.74) is 1.71. The van der Waals surface area contributed by atoms with Gasteiger partial charge in [-0.25, -0.2) is 4.98 Å². The molecule has 0 unspecified atom stereocenters. The van der Waals surface area contributed by atoms with Crippen LogP contribution in [0.4, 0.5) is 0 Å². The first-order valence-corrected chi connectivity index (χ1v) is 5.70. The lowest BCUT2D eigenvalue weighted by atomic mass is 10.0. The molecule has 2 rings (SSSR count). The standard InChI is InChI=1S/C12H10INO/c13-11-7-6-10(8-14-11)12(15)9-4-2-1-3-5-9/h1-8,12,15H/t12-/m0/s1. The van der Waals surface area contributed by atoms with Crippen LogP contribution in [0.2, 0.25) is 0 Å². The van der Waals surface area contributed by atoms with Crippen molar-refractivity contribution in [2.45, 2.75) is 6.10 Å². The molecular weight excluding hydrogens is 301 g/mol. The Morgan fingerprint density at radius 2 is 1.73 bits per heavy atom. The Balaban J connectivity index is 2.29.